The van der Waals surface area contributed by atoms with Gasteiger partial charge in [-0.2, -0.15) is 0 Å². The molecule has 2 aromatic rings. The van der Waals surface area contributed by atoms with Crippen molar-refractivity contribution >= 4 is 12.3 Å². The summed E-state index contributed by atoms with van der Waals surface area (Å²) < 4.78 is 1.99. The van der Waals surface area contributed by atoms with Crippen LogP contribution in [0, 0.1) is 6.92 Å². The van der Waals surface area contributed by atoms with Gasteiger partial charge in [-0.1, -0.05) is 30.3 Å². The van der Waals surface area contributed by atoms with Crippen LogP contribution in [-0.4, -0.2) is 9.55 Å². The number of rotatable bonds is 2. The molecule has 0 saturated carbocycles. The summed E-state index contributed by atoms with van der Waals surface area (Å²) in [6, 6.07) is 10.2. The van der Waals surface area contributed by atoms with Crippen LogP contribution in [0.2, 0.25) is 0 Å². The van der Waals surface area contributed by atoms with E-state index in [9.17, 15) is 0 Å². The topological polar surface area (TPSA) is 17.8 Å². The van der Waals surface area contributed by atoms with Crippen molar-refractivity contribution in [1.82, 2.24) is 9.55 Å². The van der Waals surface area contributed by atoms with Crippen LogP contribution in [0.15, 0.2) is 42.9 Å². The van der Waals surface area contributed by atoms with Gasteiger partial charge >= 0.3 is 0 Å². The molecule has 70 valence electrons. The minimum absolute atomic E-state index is 1.14. The highest BCUT2D eigenvalue weighted by Gasteiger charge is 1.89. The van der Waals surface area contributed by atoms with Crippen molar-refractivity contribution in [3.8, 4) is 0 Å². The third-order valence-electron chi connectivity index (χ3n) is 2.09. The standard InChI is InChI=1S/C12H12N2/c1-11-9-13-10-14(11)8-7-12-5-3-2-4-6-12/h2-10H,1H3/b8-7-. The molecular weight excluding hydrogens is 172 g/mol. The maximum Gasteiger partial charge on any atom is 0.0989 e. The molecule has 0 aliphatic heterocycles. The summed E-state index contributed by atoms with van der Waals surface area (Å²) in [5.41, 5.74) is 2.33. The average Bonchev–Trinajstić information content (AvgIpc) is 2.63. The Hall–Kier alpha value is -1.83. The summed E-state index contributed by atoms with van der Waals surface area (Å²) in [4.78, 5) is 4.05. The van der Waals surface area contributed by atoms with Crippen LogP contribution in [0.3, 0.4) is 0 Å². The molecule has 1 aromatic heterocycles. The Kier molecular flexibility index (Phi) is 2.45. The molecule has 0 amide bonds. The molecule has 1 aromatic carbocycles. The molecule has 0 unspecified atom stereocenters. The molecule has 0 aliphatic rings. The van der Waals surface area contributed by atoms with Gasteiger partial charge in [0.2, 0.25) is 0 Å². The van der Waals surface area contributed by atoms with Crippen molar-refractivity contribution < 1.29 is 0 Å². The zero-order valence-corrected chi connectivity index (χ0v) is 8.09. The van der Waals surface area contributed by atoms with Crippen LogP contribution in [0.1, 0.15) is 11.3 Å². The Morgan fingerprint density at radius 1 is 1.21 bits per heavy atom. The van der Waals surface area contributed by atoms with E-state index in [-0.39, 0.29) is 0 Å². The van der Waals surface area contributed by atoms with E-state index in [0.717, 1.165) is 5.69 Å². The second kappa shape index (κ2) is 3.92. The number of imidazole rings is 1. The van der Waals surface area contributed by atoms with E-state index in [1.54, 1.807) is 6.33 Å². The Bertz CT molecular complexity index is 427. The van der Waals surface area contributed by atoms with E-state index >= 15 is 0 Å². The molecule has 0 spiro atoms. The normalized spacial score (nSPS) is 10.9. The van der Waals surface area contributed by atoms with Crippen LogP contribution >= 0.6 is 0 Å². The number of aromatic nitrogens is 2. The number of benzene rings is 1. The molecule has 0 bridgehead atoms. The number of hydrogen-bond acceptors (Lipinski definition) is 1. The molecule has 0 saturated heterocycles. The summed E-state index contributed by atoms with van der Waals surface area (Å²) in [5, 5.41) is 0. The van der Waals surface area contributed by atoms with Gasteiger partial charge in [-0.05, 0) is 18.6 Å². The Balaban J connectivity index is 2.20. The van der Waals surface area contributed by atoms with Crippen molar-refractivity contribution in [2.45, 2.75) is 6.92 Å². The van der Waals surface area contributed by atoms with Gasteiger partial charge in [0.1, 0.15) is 0 Å². The fraction of sp³-hybridized carbons (Fsp3) is 0.0833. The van der Waals surface area contributed by atoms with Crippen LogP contribution in [0.4, 0.5) is 0 Å². The van der Waals surface area contributed by atoms with Gasteiger partial charge in [0.05, 0.1) is 6.33 Å². The maximum atomic E-state index is 4.05. The number of aryl methyl sites for hydroxylation is 1. The van der Waals surface area contributed by atoms with E-state index in [1.807, 2.05) is 42.1 Å². The lowest BCUT2D eigenvalue weighted by molar-refractivity contribution is 1.08. The summed E-state index contributed by atoms with van der Waals surface area (Å²) in [5.74, 6) is 0. The molecule has 1 heterocycles. The Labute approximate surface area is 83.5 Å². The maximum absolute atomic E-state index is 4.05. The predicted molar refractivity (Wildman–Crippen MR) is 58.6 cm³/mol. The zero-order valence-electron chi connectivity index (χ0n) is 8.09. The molecule has 2 nitrogen and oxygen atoms in total. The lowest BCUT2D eigenvalue weighted by Crippen LogP contribution is -1.85. The first kappa shape index (κ1) is 8.75. The molecular formula is C12H12N2. The quantitative estimate of drug-likeness (QED) is 0.701. The van der Waals surface area contributed by atoms with Crippen molar-refractivity contribution in [1.29, 1.82) is 0 Å². The van der Waals surface area contributed by atoms with Gasteiger partial charge < -0.3 is 4.57 Å². The van der Waals surface area contributed by atoms with Gasteiger partial charge in [0.25, 0.3) is 0 Å². The minimum Gasteiger partial charge on any atom is -0.310 e. The minimum atomic E-state index is 1.14. The van der Waals surface area contributed by atoms with Gasteiger partial charge in [-0.3, -0.25) is 0 Å². The fourth-order valence-electron chi connectivity index (χ4n) is 1.26. The smallest absolute Gasteiger partial charge is 0.0989 e. The van der Waals surface area contributed by atoms with Crippen molar-refractivity contribution in [3.63, 3.8) is 0 Å². The van der Waals surface area contributed by atoms with Gasteiger partial charge in [-0.25, -0.2) is 4.98 Å². The molecule has 2 heteroatoms. The van der Waals surface area contributed by atoms with E-state index in [4.69, 9.17) is 0 Å². The van der Waals surface area contributed by atoms with E-state index in [0.29, 0.717) is 0 Å². The Morgan fingerprint density at radius 3 is 2.64 bits per heavy atom. The second-order valence-electron chi connectivity index (χ2n) is 3.17. The fourth-order valence-corrected chi connectivity index (χ4v) is 1.26. The summed E-state index contributed by atoms with van der Waals surface area (Å²) >= 11 is 0. The van der Waals surface area contributed by atoms with Crippen molar-refractivity contribution in [2.75, 3.05) is 0 Å². The van der Waals surface area contributed by atoms with Crippen LogP contribution in [0.25, 0.3) is 12.3 Å². The monoisotopic (exact) mass is 184 g/mol. The Morgan fingerprint density at radius 2 is 2.00 bits per heavy atom. The molecule has 0 fully saturated rings. The lowest BCUT2D eigenvalue weighted by atomic mass is 10.2. The third kappa shape index (κ3) is 1.91. The highest BCUT2D eigenvalue weighted by molar-refractivity contribution is 5.60. The first-order chi connectivity index (χ1) is 6.86. The SMILES string of the molecule is Cc1cncn1/C=C\c1ccccc1. The first-order valence-corrected chi connectivity index (χ1v) is 4.58. The number of nitrogens with zero attached hydrogens (tertiary/aromatic N) is 2. The largest absolute Gasteiger partial charge is 0.310 e. The lowest BCUT2D eigenvalue weighted by Gasteiger charge is -1.95. The predicted octanol–water partition coefficient (Wildman–Crippen LogP) is 2.82. The average molecular weight is 184 g/mol. The van der Waals surface area contributed by atoms with Crippen LogP contribution in [-0.2, 0) is 0 Å². The summed E-state index contributed by atoms with van der Waals surface area (Å²) in [7, 11) is 0. The van der Waals surface area contributed by atoms with Gasteiger partial charge in [0, 0.05) is 18.1 Å². The second-order valence-corrected chi connectivity index (χ2v) is 3.17. The van der Waals surface area contributed by atoms with Crippen molar-refractivity contribution in [3.05, 3.63) is 54.1 Å². The molecule has 0 aliphatic carbocycles. The molecule has 0 N–H and O–H groups in total. The van der Waals surface area contributed by atoms with E-state index in [2.05, 4.69) is 23.2 Å². The van der Waals surface area contributed by atoms with Crippen molar-refractivity contribution in [2.24, 2.45) is 0 Å². The molecule has 0 radical (unpaired) electrons. The summed E-state index contributed by atoms with van der Waals surface area (Å²) in [6.45, 7) is 2.03. The van der Waals surface area contributed by atoms with Crippen LogP contribution in [0.5, 0.6) is 0 Å². The summed E-state index contributed by atoms with van der Waals surface area (Å²) in [6.07, 6.45) is 7.72. The first-order valence-electron chi connectivity index (χ1n) is 4.58. The number of hydrogen-bond donors (Lipinski definition) is 0. The van der Waals surface area contributed by atoms with Crippen LogP contribution < -0.4 is 0 Å². The highest BCUT2D eigenvalue weighted by atomic mass is 15.0. The van der Waals surface area contributed by atoms with E-state index < -0.39 is 0 Å². The van der Waals surface area contributed by atoms with Gasteiger partial charge in [0.15, 0.2) is 0 Å². The zero-order chi connectivity index (χ0) is 9.80. The molecule has 14 heavy (non-hydrogen) atoms. The third-order valence-corrected chi connectivity index (χ3v) is 2.09. The van der Waals surface area contributed by atoms with Gasteiger partial charge in [-0.15, -0.1) is 0 Å². The van der Waals surface area contributed by atoms with E-state index in [1.165, 1.54) is 5.56 Å². The molecule has 0 atom stereocenters. The molecule has 2 rings (SSSR count). The highest BCUT2D eigenvalue weighted by Crippen LogP contribution is 2.04.